The molecular weight excluding hydrogens is 164 g/mol. The van der Waals surface area contributed by atoms with Crippen LogP contribution >= 0.6 is 0 Å². The van der Waals surface area contributed by atoms with Crippen molar-refractivity contribution in [3.63, 3.8) is 0 Å². The number of nitrogens with zero attached hydrogens (tertiary/aromatic N) is 2. The van der Waals surface area contributed by atoms with Gasteiger partial charge in [-0.1, -0.05) is 24.3 Å². The van der Waals surface area contributed by atoms with Gasteiger partial charge in [-0.05, 0) is 17.5 Å². The molecule has 3 rings (SSSR count). The van der Waals surface area contributed by atoms with Gasteiger partial charge in [0.1, 0.15) is 5.52 Å². The van der Waals surface area contributed by atoms with Gasteiger partial charge in [-0.3, -0.25) is 0 Å². The van der Waals surface area contributed by atoms with E-state index in [-0.39, 0.29) is 0 Å². The Morgan fingerprint density at radius 1 is 1.23 bits per heavy atom. The molecule has 0 bridgehead atoms. The standard InChI is InChI=1S/C10H5N2O/c1-2-4-8-7(3-1)5-6-9-10(8)11-12-13-9/h1-4,6H. The molecule has 0 amide bonds. The number of benzene rings is 2. The molecule has 0 N–H and O–H groups in total. The maximum Gasteiger partial charge on any atom is 0.188 e. The molecule has 0 aliphatic carbocycles. The van der Waals surface area contributed by atoms with Crippen LogP contribution in [-0.2, 0) is 0 Å². The highest BCUT2D eigenvalue weighted by Crippen LogP contribution is 2.21. The molecule has 0 atom stereocenters. The molecular formula is C10H5N2O. The van der Waals surface area contributed by atoms with Crippen LogP contribution in [0.4, 0.5) is 0 Å². The topological polar surface area (TPSA) is 38.9 Å². The predicted octanol–water partition coefficient (Wildman–Crippen LogP) is 2.18. The maximum absolute atomic E-state index is 4.93. The molecule has 3 heteroatoms. The molecule has 0 saturated heterocycles. The van der Waals surface area contributed by atoms with Gasteiger partial charge in [-0.15, -0.1) is 5.10 Å². The van der Waals surface area contributed by atoms with Crippen LogP contribution in [0.25, 0.3) is 21.9 Å². The van der Waals surface area contributed by atoms with Crippen molar-refractivity contribution in [2.24, 2.45) is 0 Å². The third-order valence-electron chi connectivity index (χ3n) is 2.05. The van der Waals surface area contributed by atoms with Crippen molar-refractivity contribution in [2.45, 2.75) is 0 Å². The zero-order valence-corrected chi connectivity index (χ0v) is 6.69. The number of hydrogen-bond donors (Lipinski definition) is 0. The fourth-order valence-corrected chi connectivity index (χ4v) is 1.44. The van der Waals surface area contributed by atoms with E-state index in [1.165, 1.54) is 0 Å². The summed E-state index contributed by atoms with van der Waals surface area (Å²) < 4.78 is 4.93. The Bertz CT molecular complexity index is 571. The molecule has 0 spiro atoms. The molecule has 0 saturated carbocycles. The number of fused-ring (bicyclic) bond motifs is 3. The Morgan fingerprint density at radius 3 is 3.15 bits per heavy atom. The van der Waals surface area contributed by atoms with Gasteiger partial charge in [0.2, 0.25) is 0 Å². The van der Waals surface area contributed by atoms with Crippen LogP contribution in [0.1, 0.15) is 0 Å². The quantitative estimate of drug-likeness (QED) is 0.517. The average molecular weight is 169 g/mol. The molecule has 0 aliphatic heterocycles. The highest BCUT2D eigenvalue weighted by molar-refractivity contribution is 6.02. The minimum absolute atomic E-state index is 0.679. The average Bonchev–Trinajstić information content (AvgIpc) is 2.65. The summed E-state index contributed by atoms with van der Waals surface area (Å²) in [4.78, 5) is 0. The van der Waals surface area contributed by atoms with Crippen LogP contribution in [-0.4, -0.2) is 10.4 Å². The van der Waals surface area contributed by atoms with Crippen molar-refractivity contribution in [3.8, 4) is 0 Å². The van der Waals surface area contributed by atoms with E-state index in [1.807, 2.05) is 24.3 Å². The van der Waals surface area contributed by atoms with Crippen LogP contribution in [0.3, 0.4) is 0 Å². The Hall–Kier alpha value is -1.90. The van der Waals surface area contributed by atoms with E-state index in [9.17, 15) is 0 Å². The molecule has 0 aliphatic rings. The summed E-state index contributed by atoms with van der Waals surface area (Å²) in [6.07, 6.45) is 0. The van der Waals surface area contributed by atoms with Gasteiger partial charge in [0.15, 0.2) is 5.58 Å². The van der Waals surface area contributed by atoms with Crippen LogP contribution < -0.4 is 0 Å². The predicted molar refractivity (Wildman–Crippen MR) is 48.1 cm³/mol. The molecule has 1 aromatic heterocycles. The monoisotopic (exact) mass is 169 g/mol. The third-order valence-corrected chi connectivity index (χ3v) is 2.05. The Morgan fingerprint density at radius 2 is 2.15 bits per heavy atom. The van der Waals surface area contributed by atoms with Crippen molar-refractivity contribution in [1.82, 2.24) is 10.4 Å². The summed E-state index contributed by atoms with van der Waals surface area (Å²) in [5.74, 6) is 0. The summed E-state index contributed by atoms with van der Waals surface area (Å²) in [7, 11) is 0. The van der Waals surface area contributed by atoms with Crippen LogP contribution in [0.15, 0.2) is 34.9 Å². The highest BCUT2D eigenvalue weighted by Gasteiger charge is 2.03. The van der Waals surface area contributed by atoms with Crippen molar-refractivity contribution >= 4 is 21.9 Å². The smallest absolute Gasteiger partial charge is 0.188 e. The Balaban J connectivity index is 2.65. The van der Waals surface area contributed by atoms with Gasteiger partial charge < -0.3 is 4.52 Å². The molecule has 3 aromatic rings. The van der Waals surface area contributed by atoms with E-state index in [1.54, 1.807) is 6.07 Å². The maximum atomic E-state index is 4.93. The minimum atomic E-state index is 0.679. The third kappa shape index (κ3) is 0.839. The Kier molecular flexibility index (Phi) is 1.16. The van der Waals surface area contributed by atoms with Crippen LogP contribution in [0.2, 0.25) is 0 Å². The molecule has 3 nitrogen and oxygen atoms in total. The lowest BCUT2D eigenvalue weighted by molar-refractivity contribution is 0.424. The summed E-state index contributed by atoms with van der Waals surface area (Å²) in [5.41, 5.74) is 1.48. The first kappa shape index (κ1) is 6.60. The second-order valence-electron chi connectivity index (χ2n) is 2.82. The first-order chi connectivity index (χ1) is 6.45. The van der Waals surface area contributed by atoms with E-state index in [0.717, 1.165) is 16.3 Å². The lowest BCUT2D eigenvalue weighted by atomic mass is 10.1. The van der Waals surface area contributed by atoms with Crippen molar-refractivity contribution in [1.29, 1.82) is 0 Å². The van der Waals surface area contributed by atoms with E-state index < -0.39 is 0 Å². The fraction of sp³-hybridized carbons (Fsp3) is 0. The van der Waals surface area contributed by atoms with E-state index in [4.69, 9.17) is 4.52 Å². The number of hydrogen-bond acceptors (Lipinski definition) is 3. The van der Waals surface area contributed by atoms with Crippen LogP contribution in [0, 0.1) is 6.07 Å². The first-order valence-corrected chi connectivity index (χ1v) is 3.97. The van der Waals surface area contributed by atoms with Crippen molar-refractivity contribution < 1.29 is 4.52 Å². The van der Waals surface area contributed by atoms with Gasteiger partial charge in [0.25, 0.3) is 0 Å². The summed E-state index contributed by atoms with van der Waals surface area (Å²) in [6, 6.07) is 12.8. The number of aromatic nitrogens is 2. The zero-order valence-electron chi connectivity index (χ0n) is 6.69. The van der Waals surface area contributed by atoms with Crippen molar-refractivity contribution in [3.05, 3.63) is 36.4 Å². The second-order valence-corrected chi connectivity index (χ2v) is 2.82. The molecule has 1 radical (unpaired) electrons. The van der Waals surface area contributed by atoms with Gasteiger partial charge in [-0.2, -0.15) is 0 Å². The second kappa shape index (κ2) is 2.29. The summed E-state index contributed by atoms with van der Waals surface area (Å²) in [6.45, 7) is 0. The van der Waals surface area contributed by atoms with E-state index in [0.29, 0.717) is 5.58 Å². The molecule has 61 valence electrons. The number of rotatable bonds is 0. The van der Waals surface area contributed by atoms with Gasteiger partial charge >= 0.3 is 0 Å². The van der Waals surface area contributed by atoms with E-state index in [2.05, 4.69) is 16.4 Å². The molecule has 13 heavy (non-hydrogen) atoms. The SMILES string of the molecule is [c]1cc2onnc2c2ccccc12. The molecule has 1 heterocycles. The lowest BCUT2D eigenvalue weighted by Gasteiger charge is -1.93. The molecule has 0 unspecified atom stereocenters. The van der Waals surface area contributed by atoms with Gasteiger partial charge in [0.05, 0.1) is 0 Å². The Labute approximate surface area is 73.9 Å². The van der Waals surface area contributed by atoms with Crippen molar-refractivity contribution in [2.75, 3.05) is 0 Å². The normalized spacial score (nSPS) is 11.1. The highest BCUT2D eigenvalue weighted by atomic mass is 16.5. The summed E-state index contributed by atoms with van der Waals surface area (Å²) in [5, 5.41) is 9.48. The minimum Gasteiger partial charge on any atom is -0.337 e. The molecule has 2 aromatic carbocycles. The molecule has 0 fully saturated rings. The summed E-state index contributed by atoms with van der Waals surface area (Å²) >= 11 is 0. The van der Waals surface area contributed by atoms with E-state index >= 15 is 0 Å². The fourth-order valence-electron chi connectivity index (χ4n) is 1.44. The van der Waals surface area contributed by atoms with Crippen LogP contribution in [0.5, 0.6) is 0 Å². The van der Waals surface area contributed by atoms with Gasteiger partial charge in [0, 0.05) is 10.7 Å². The zero-order chi connectivity index (χ0) is 8.67. The largest absolute Gasteiger partial charge is 0.337 e. The lowest BCUT2D eigenvalue weighted by Crippen LogP contribution is -1.74. The first-order valence-electron chi connectivity index (χ1n) is 3.97. The van der Waals surface area contributed by atoms with Gasteiger partial charge in [-0.25, -0.2) is 0 Å².